The van der Waals surface area contributed by atoms with Crippen molar-refractivity contribution in [1.29, 1.82) is 0 Å². The van der Waals surface area contributed by atoms with Crippen LogP contribution in [0, 0.1) is 23.7 Å². The molecular formula is C40H70O. The van der Waals surface area contributed by atoms with Crippen molar-refractivity contribution in [3.8, 4) is 0 Å². The minimum Gasteiger partial charge on any atom is -0.466 e. The van der Waals surface area contributed by atoms with Crippen molar-refractivity contribution in [2.24, 2.45) is 23.7 Å². The summed E-state index contributed by atoms with van der Waals surface area (Å²) in [6.07, 6.45) is 42.2. The molecule has 0 aromatic rings. The molecule has 0 atom stereocenters. The van der Waals surface area contributed by atoms with Crippen LogP contribution in [0.4, 0.5) is 0 Å². The molecule has 1 nitrogen and oxygen atoms in total. The molecular weight excluding hydrogens is 496 g/mol. The molecule has 0 bridgehead atoms. The summed E-state index contributed by atoms with van der Waals surface area (Å²) in [4.78, 5) is 0. The Labute approximate surface area is 257 Å². The largest absolute Gasteiger partial charge is 0.466 e. The molecule has 0 radical (unpaired) electrons. The summed E-state index contributed by atoms with van der Waals surface area (Å²) >= 11 is 0. The molecule has 0 aromatic heterocycles. The maximum atomic E-state index is 7.15. The molecule has 41 heavy (non-hydrogen) atoms. The number of hydrogen-bond donors (Lipinski definition) is 0. The van der Waals surface area contributed by atoms with Crippen LogP contribution in [0.3, 0.4) is 0 Å². The number of hydrogen-bond acceptors (Lipinski definition) is 1. The molecule has 4 aliphatic rings. The molecule has 0 heterocycles. The predicted octanol–water partition coefficient (Wildman–Crippen LogP) is 13.8. The highest BCUT2D eigenvalue weighted by atomic mass is 16.5. The van der Waals surface area contributed by atoms with Crippen molar-refractivity contribution in [3.63, 3.8) is 0 Å². The Kier molecular flexibility index (Phi) is 15.8. The summed E-state index contributed by atoms with van der Waals surface area (Å²) < 4.78 is 7.15. The smallest absolute Gasteiger partial charge is 0.103 e. The van der Waals surface area contributed by atoms with Gasteiger partial charge in [0.15, 0.2) is 0 Å². The van der Waals surface area contributed by atoms with Crippen molar-refractivity contribution < 1.29 is 4.74 Å². The van der Waals surface area contributed by atoms with Gasteiger partial charge in [0.2, 0.25) is 0 Å². The first-order chi connectivity index (χ1) is 20.2. The third-order valence-corrected chi connectivity index (χ3v) is 11.8. The van der Waals surface area contributed by atoms with E-state index < -0.39 is 0 Å². The lowest BCUT2D eigenvalue weighted by Gasteiger charge is -2.29. The minimum absolute atomic E-state index is 1.01. The molecule has 0 spiro atoms. The van der Waals surface area contributed by atoms with E-state index in [-0.39, 0.29) is 0 Å². The second kappa shape index (κ2) is 19.5. The first-order valence-electron chi connectivity index (χ1n) is 19.3. The SMILES string of the molecule is CCC[C@H]1CC[C@H](CCCCC(OC(CCCC[C@H]2CC[C@H](CCC)CC2)=C2CCCCC2)=C2CCCCC2)CC1. The molecule has 0 aromatic carbocycles. The highest BCUT2D eigenvalue weighted by molar-refractivity contribution is 5.17. The third kappa shape index (κ3) is 12.1. The fourth-order valence-electron chi connectivity index (χ4n) is 9.13. The fraction of sp³-hybridized carbons (Fsp3) is 0.900. The molecule has 4 saturated carbocycles. The predicted molar refractivity (Wildman–Crippen MR) is 179 cm³/mol. The summed E-state index contributed by atoms with van der Waals surface area (Å²) in [6, 6.07) is 0. The molecule has 1 heteroatoms. The van der Waals surface area contributed by atoms with Gasteiger partial charge in [-0.15, -0.1) is 0 Å². The Hall–Kier alpha value is -0.720. The van der Waals surface area contributed by atoms with Gasteiger partial charge in [-0.1, -0.05) is 129 Å². The zero-order chi connectivity index (χ0) is 28.5. The van der Waals surface area contributed by atoms with Gasteiger partial charge < -0.3 is 4.74 Å². The number of unbranched alkanes of at least 4 members (excludes halogenated alkanes) is 2. The average Bonchev–Trinajstić information content (AvgIpc) is 3.02. The van der Waals surface area contributed by atoms with E-state index in [9.17, 15) is 0 Å². The van der Waals surface area contributed by atoms with Crippen LogP contribution in [0.2, 0.25) is 0 Å². The second-order valence-corrected chi connectivity index (χ2v) is 15.1. The van der Waals surface area contributed by atoms with Gasteiger partial charge in [0.25, 0.3) is 0 Å². The quantitative estimate of drug-likeness (QED) is 0.133. The lowest BCUT2D eigenvalue weighted by atomic mass is 9.78. The van der Waals surface area contributed by atoms with Crippen molar-refractivity contribution >= 4 is 0 Å². The maximum absolute atomic E-state index is 7.15. The van der Waals surface area contributed by atoms with Crippen LogP contribution >= 0.6 is 0 Å². The monoisotopic (exact) mass is 567 g/mol. The molecule has 0 amide bonds. The molecule has 0 saturated heterocycles. The van der Waals surface area contributed by atoms with E-state index in [1.165, 1.54) is 204 Å². The third-order valence-electron chi connectivity index (χ3n) is 11.8. The molecule has 4 rings (SSSR count). The van der Waals surface area contributed by atoms with Crippen LogP contribution in [0.25, 0.3) is 0 Å². The molecule has 0 N–H and O–H groups in total. The van der Waals surface area contributed by atoms with Gasteiger partial charge in [0, 0.05) is 12.8 Å². The Morgan fingerprint density at radius 2 is 0.805 bits per heavy atom. The molecule has 0 aliphatic heterocycles. The summed E-state index contributed by atoms with van der Waals surface area (Å²) in [5.74, 6) is 6.99. The molecule has 236 valence electrons. The van der Waals surface area contributed by atoms with Gasteiger partial charge in [-0.2, -0.15) is 0 Å². The first kappa shape index (κ1) is 33.2. The summed E-state index contributed by atoms with van der Waals surface area (Å²) in [5, 5.41) is 0. The van der Waals surface area contributed by atoms with Crippen LogP contribution in [0.5, 0.6) is 0 Å². The fourth-order valence-corrected chi connectivity index (χ4v) is 9.13. The normalized spacial score (nSPS) is 27.6. The van der Waals surface area contributed by atoms with Crippen LogP contribution < -0.4 is 0 Å². The molecule has 4 aliphatic carbocycles. The van der Waals surface area contributed by atoms with Gasteiger partial charge in [0.1, 0.15) is 11.5 Å². The Bertz CT molecular complexity index is 678. The summed E-state index contributed by atoms with van der Waals surface area (Å²) in [7, 11) is 0. The minimum atomic E-state index is 1.01. The van der Waals surface area contributed by atoms with E-state index in [1.807, 2.05) is 0 Å². The van der Waals surface area contributed by atoms with E-state index in [2.05, 4.69) is 13.8 Å². The Morgan fingerprint density at radius 3 is 1.15 bits per heavy atom. The Balaban J connectivity index is 1.27. The first-order valence-corrected chi connectivity index (χ1v) is 19.3. The molecule has 0 unspecified atom stereocenters. The number of ether oxygens (including phenoxy) is 1. The van der Waals surface area contributed by atoms with E-state index in [1.54, 1.807) is 11.1 Å². The maximum Gasteiger partial charge on any atom is 0.103 e. The highest BCUT2D eigenvalue weighted by Crippen LogP contribution is 2.38. The van der Waals surface area contributed by atoms with Crippen molar-refractivity contribution in [3.05, 3.63) is 22.7 Å². The van der Waals surface area contributed by atoms with E-state index >= 15 is 0 Å². The van der Waals surface area contributed by atoms with Crippen LogP contribution in [-0.4, -0.2) is 0 Å². The van der Waals surface area contributed by atoms with E-state index in [0.717, 1.165) is 23.7 Å². The van der Waals surface area contributed by atoms with E-state index in [4.69, 9.17) is 4.74 Å². The summed E-state index contributed by atoms with van der Waals surface area (Å²) in [6.45, 7) is 4.73. The topological polar surface area (TPSA) is 9.23 Å². The molecule has 4 fully saturated rings. The van der Waals surface area contributed by atoms with Crippen molar-refractivity contribution in [1.82, 2.24) is 0 Å². The lowest BCUT2D eigenvalue weighted by Crippen LogP contribution is -2.14. The highest BCUT2D eigenvalue weighted by Gasteiger charge is 2.23. The Morgan fingerprint density at radius 1 is 0.463 bits per heavy atom. The standard InChI is InChI=1S/C40H70O/c1-3-15-33-25-29-35(30-26-33)17-11-13-23-39(37-19-7-5-8-20-37)41-40(38-21-9-6-10-22-38)24-14-12-18-36-31-27-34(16-4-2)28-32-36/h33-36H,3-32H2,1-2H3/t33-,34-,35-,36-. The van der Waals surface area contributed by atoms with Gasteiger partial charge in [-0.25, -0.2) is 0 Å². The van der Waals surface area contributed by atoms with Crippen LogP contribution in [0.15, 0.2) is 22.7 Å². The lowest BCUT2D eigenvalue weighted by molar-refractivity contribution is 0.234. The zero-order valence-corrected chi connectivity index (χ0v) is 27.9. The van der Waals surface area contributed by atoms with Crippen LogP contribution in [-0.2, 0) is 4.74 Å². The average molecular weight is 567 g/mol. The van der Waals surface area contributed by atoms with Crippen LogP contribution in [0.1, 0.15) is 206 Å². The summed E-state index contributed by atoms with van der Waals surface area (Å²) in [5.41, 5.74) is 3.41. The second-order valence-electron chi connectivity index (χ2n) is 15.1. The van der Waals surface area contributed by atoms with E-state index in [0.29, 0.717) is 0 Å². The van der Waals surface area contributed by atoms with Gasteiger partial charge in [0.05, 0.1) is 0 Å². The number of rotatable bonds is 16. The van der Waals surface area contributed by atoms with Crippen molar-refractivity contribution in [2.75, 3.05) is 0 Å². The zero-order valence-electron chi connectivity index (χ0n) is 27.9. The number of allylic oxidation sites excluding steroid dienone is 4. The van der Waals surface area contributed by atoms with Gasteiger partial charge in [-0.3, -0.25) is 0 Å². The van der Waals surface area contributed by atoms with Gasteiger partial charge in [-0.05, 0) is 99.0 Å². The van der Waals surface area contributed by atoms with Crippen molar-refractivity contribution in [2.45, 2.75) is 206 Å². The van der Waals surface area contributed by atoms with Gasteiger partial charge >= 0.3 is 0 Å².